The maximum atomic E-state index is 15.2. The van der Waals surface area contributed by atoms with Crippen LogP contribution < -0.4 is 0 Å². The fourth-order valence-corrected chi connectivity index (χ4v) is 7.24. The third-order valence-corrected chi connectivity index (χ3v) is 8.76. The summed E-state index contributed by atoms with van der Waals surface area (Å²) in [5, 5.41) is 21.3. The molecule has 2 fully saturated rings. The van der Waals surface area contributed by atoms with Crippen molar-refractivity contribution in [2.24, 2.45) is 34.5 Å². The van der Waals surface area contributed by atoms with Crippen molar-refractivity contribution in [1.82, 2.24) is 0 Å². The maximum Gasteiger partial charge on any atom is 0.162 e. The van der Waals surface area contributed by atoms with Crippen molar-refractivity contribution in [2.45, 2.75) is 71.6 Å². The van der Waals surface area contributed by atoms with Gasteiger partial charge in [0.05, 0.1) is 5.76 Å². The Balaban J connectivity index is 1.80. The SMILES string of the molecule is CC(=O)[C@@]1(O)[C@@H](C)CC2C3C[C@H](F)[C@@H]4CC(O)=CC[C@]4(C)C3=CC[C@@]21C. The van der Waals surface area contributed by atoms with Crippen LogP contribution in [0.25, 0.3) is 0 Å². The van der Waals surface area contributed by atoms with Crippen LogP contribution in [0.3, 0.4) is 0 Å². The summed E-state index contributed by atoms with van der Waals surface area (Å²) in [7, 11) is 0. The van der Waals surface area contributed by atoms with Gasteiger partial charge in [0.15, 0.2) is 5.78 Å². The van der Waals surface area contributed by atoms with Gasteiger partial charge in [0.25, 0.3) is 0 Å². The predicted molar refractivity (Wildman–Crippen MR) is 98.3 cm³/mol. The summed E-state index contributed by atoms with van der Waals surface area (Å²) in [6.45, 7) is 7.63. The highest BCUT2D eigenvalue weighted by molar-refractivity contribution is 5.86. The molecule has 0 amide bonds. The smallest absolute Gasteiger partial charge is 0.162 e. The Hall–Kier alpha value is -1.16. The summed E-state index contributed by atoms with van der Waals surface area (Å²) >= 11 is 0. The van der Waals surface area contributed by atoms with Crippen molar-refractivity contribution in [3.63, 3.8) is 0 Å². The monoisotopic (exact) mass is 362 g/mol. The Kier molecular flexibility index (Phi) is 3.81. The lowest BCUT2D eigenvalue weighted by Crippen LogP contribution is -2.57. The van der Waals surface area contributed by atoms with Gasteiger partial charge >= 0.3 is 0 Å². The number of aliphatic hydroxyl groups is 2. The summed E-state index contributed by atoms with van der Waals surface area (Å²) in [4.78, 5) is 12.4. The summed E-state index contributed by atoms with van der Waals surface area (Å²) in [5.74, 6) is 0.0761. The molecule has 144 valence electrons. The number of halogens is 1. The molecule has 0 bridgehead atoms. The fraction of sp³-hybridized carbons (Fsp3) is 0.773. The standard InChI is InChI=1S/C22H31FO3/c1-12-9-17-15-11-19(23)18-10-14(25)5-7-20(18,3)16(15)6-8-21(17,4)22(12,26)13(2)24/h5-6,12,15,17-19,25-26H,7-11H2,1-4H3/t12-,15?,17?,18-,19-,20+,21-,22-/m0/s1. The van der Waals surface area contributed by atoms with Gasteiger partial charge in [-0.1, -0.05) is 32.4 Å². The van der Waals surface area contributed by atoms with E-state index in [1.165, 1.54) is 12.5 Å². The van der Waals surface area contributed by atoms with Crippen molar-refractivity contribution in [2.75, 3.05) is 0 Å². The lowest BCUT2D eigenvalue weighted by Gasteiger charge is -2.57. The Morgan fingerprint density at radius 3 is 2.54 bits per heavy atom. The van der Waals surface area contributed by atoms with Crippen molar-refractivity contribution >= 4 is 5.78 Å². The van der Waals surface area contributed by atoms with Crippen LogP contribution in [0, 0.1) is 34.5 Å². The van der Waals surface area contributed by atoms with Crippen LogP contribution >= 0.6 is 0 Å². The molecule has 2 N–H and O–H groups in total. The molecule has 0 aromatic carbocycles. The van der Waals surface area contributed by atoms with E-state index in [0.29, 0.717) is 31.4 Å². The van der Waals surface area contributed by atoms with Crippen molar-refractivity contribution < 1.29 is 19.4 Å². The largest absolute Gasteiger partial charge is 0.513 e. The van der Waals surface area contributed by atoms with Gasteiger partial charge in [0, 0.05) is 17.8 Å². The summed E-state index contributed by atoms with van der Waals surface area (Å²) in [6.07, 6.45) is 6.06. The van der Waals surface area contributed by atoms with E-state index in [0.717, 1.165) is 6.42 Å². The number of allylic oxidation sites excluding steroid dienone is 4. The van der Waals surface area contributed by atoms with Crippen LogP contribution in [-0.4, -0.2) is 27.8 Å². The number of carbonyl (C=O) groups is 1. The van der Waals surface area contributed by atoms with Gasteiger partial charge in [-0.05, 0) is 61.9 Å². The van der Waals surface area contributed by atoms with Gasteiger partial charge < -0.3 is 10.2 Å². The molecular formula is C22H31FO3. The molecular weight excluding hydrogens is 331 g/mol. The second-order valence-corrected chi connectivity index (χ2v) is 9.83. The average molecular weight is 362 g/mol. The second-order valence-electron chi connectivity index (χ2n) is 9.83. The number of rotatable bonds is 1. The van der Waals surface area contributed by atoms with Crippen LogP contribution in [0.5, 0.6) is 0 Å². The maximum absolute atomic E-state index is 15.2. The molecule has 4 rings (SSSR count). The highest BCUT2D eigenvalue weighted by Crippen LogP contribution is 2.67. The van der Waals surface area contributed by atoms with Gasteiger partial charge in [-0.15, -0.1) is 0 Å². The minimum atomic E-state index is -1.33. The Morgan fingerprint density at radius 1 is 1.19 bits per heavy atom. The topological polar surface area (TPSA) is 57.5 Å². The number of alkyl halides is 1. The third kappa shape index (κ3) is 2.00. The molecule has 4 aliphatic rings. The van der Waals surface area contributed by atoms with Crippen molar-refractivity contribution in [3.8, 4) is 0 Å². The van der Waals surface area contributed by atoms with Gasteiger partial charge in [-0.3, -0.25) is 4.79 Å². The molecule has 2 unspecified atom stereocenters. The predicted octanol–water partition coefficient (Wildman–Crippen LogP) is 4.52. The number of carbonyl (C=O) groups excluding carboxylic acids is 1. The molecule has 0 radical (unpaired) electrons. The van der Waals surface area contributed by atoms with E-state index >= 15 is 4.39 Å². The number of fused-ring (bicyclic) bond motifs is 5. The molecule has 3 nitrogen and oxygen atoms in total. The zero-order chi connectivity index (χ0) is 19.1. The van der Waals surface area contributed by atoms with E-state index < -0.39 is 17.2 Å². The summed E-state index contributed by atoms with van der Waals surface area (Å²) in [6, 6.07) is 0. The lowest BCUT2D eigenvalue weighted by molar-refractivity contribution is -0.157. The van der Waals surface area contributed by atoms with E-state index in [2.05, 4.69) is 13.0 Å². The molecule has 0 saturated heterocycles. The third-order valence-electron chi connectivity index (χ3n) is 8.76. The summed E-state index contributed by atoms with van der Waals surface area (Å²) in [5.41, 5.74) is -0.811. The zero-order valence-electron chi connectivity index (χ0n) is 16.3. The highest BCUT2D eigenvalue weighted by Gasteiger charge is 2.67. The number of ketones is 1. The molecule has 8 atom stereocenters. The number of hydrogen-bond donors (Lipinski definition) is 2. The van der Waals surface area contributed by atoms with E-state index in [-0.39, 0.29) is 34.9 Å². The molecule has 0 heterocycles. The van der Waals surface area contributed by atoms with Crippen molar-refractivity contribution in [3.05, 3.63) is 23.5 Å². The van der Waals surface area contributed by atoms with Gasteiger partial charge in [-0.25, -0.2) is 4.39 Å². The normalized spacial score (nSPS) is 53.1. The lowest BCUT2D eigenvalue weighted by atomic mass is 9.48. The number of Topliss-reactive ketones (excluding diaryl/α,β-unsaturated/α-hetero) is 1. The Bertz CT molecular complexity index is 712. The molecule has 4 heteroatoms. The Morgan fingerprint density at radius 2 is 1.88 bits per heavy atom. The molecule has 0 aromatic heterocycles. The zero-order valence-corrected chi connectivity index (χ0v) is 16.3. The summed E-state index contributed by atoms with van der Waals surface area (Å²) < 4.78 is 15.2. The van der Waals surface area contributed by atoms with Crippen LogP contribution in [0.2, 0.25) is 0 Å². The number of hydrogen-bond acceptors (Lipinski definition) is 3. The minimum Gasteiger partial charge on any atom is -0.513 e. The van der Waals surface area contributed by atoms with E-state index in [4.69, 9.17) is 0 Å². The first kappa shape index (κ1) is 18.2. The molecule has 0 aliphatic heterocycles. The molecule has 2 saturated carbocycles. The van der Waals surface area contributed by atoms with E-state index in [1.807, 2.05) is 19.9 Å². The quantitative estimate of drug-likeness (QED) is 0.675. The van der Waals surface area contributed by atoms with Crippen LogP contribution in [0.1, 0.15) is 59.8 Å². The van der Waals surface area contributed by atoms with Crippen LogP contribution in [-0.2, 0) is 4.79 Å². The van der Waals surface area contributed by atoms with E-state index in [1.54, 1.807) is 0 Å². The van der Waals surface area contributed by atoms with Crippen molar-refractivity contribution in [1.29, 1.82) is 0 Å². The van der Waals surface area contributed by atoms with Gasteiger partial charge in [-0.2, -0.15) is 0 Å². The van der Waals surface area contributed by atoms with Crippen LogP contribution in [0.15, 0.2) is 23.5 Å². The second kappa shape index (κ2) is 5.43. The molecule has 0 aromatic rings. The first-order chi connectivity index (χ1) is 12.1. The minimum absolute atomic E-state index is 0.0782. The number of aliphatic hydroxyl groups excluding tert-OH is 1. The van der Waals surface area contributed by atoms with Gasteiger partial charge in [0.2, 0.25) is 0 Å². The van der Waals surface area contributed by atoms with Gasteiger partial charge in [0.1, 0.15) is 11.8 Å². The molecule has 0 spiro atoms. The van der Waals surface area contributed by atoms with Crippen LogP contribution in [0.4, 0.5) is 4.39 Å². The Labute approximate surface area is 155 Å². The highest BCUT2D eigenvalue weighted by atomic mass is 19.1. The molecule has 4 aliphatic carbocycles. The first-order valence-corrected chi connectivity index (χ1v) is 10.0. The first-order valence-electron chi connectivity index (χ1n) is 10.0. The van der Waals surface area contributed by atoms with E-state index in [9.17, 15) is 15.0 Å². The fourth-order valence-electron chi connectivity index (χ4n) is 7.24. The average Bonchev–Trinajstić information content (AvgIpc) is 2.78. The molecule has 26 heavy (non-hydrogen) atoms.